The van der Waals surface area contributed by atoms with Crippen LogP contribution in [0.1, 0.15) is 23.2 Å². The first kappa shape index (κ1) is 20.1. The van der Waals surface area contributed by atoms with Crippen molar-refractivity contribution in [2.24, 2.45) is 0 Å². The minimum atomic E-state index is -4.46. The number of aliphatic hydroxyl groups is 1. The molecule has 2 N–H and O–H groups in total. The Kier molecular flexibility index (Phi) is 5.26. The molecular weight excluding hydrogens is 389 g/mol. The van der Waals surface area contributed by atoms with Gasteiger partial charge in [0.15, 0.2) is 6.10 Å². The summed E-state index contributed by atoms with van der Waals surface area (Å²) in [5.74, 6) is -0.439. The molecule has 1 saturated heterocycles. The molecule has 7 nitrogen and oxygen atoms in total. The lowest BCUT2D eigenvalue weighted by Crippen LogP contribution is -2.48. The van der Waals surface area contributed by atoms with E-state index < -0.39 is 23.8 Å². The molecule has 158 valence electrons. The van der Waals surface area contributed by atoms with Gasteiger partial charge in [0, 0.05) is 36.4 Å². The number of hydrogen-bond acceptors (Lipinski definition) is 5. The van der Waals surface area contributed by atoms with Crippen molar-refractivity contribution in [3.8, 4) is 0 Å². The van der Waals surface area contributed by atoms with Crippen molar-refractivity contribution in [2.75, 3.05) is 26.3 Å². The van der Waals surface area contributed by atoms with Crippen molar-refractivity contribution in [3.63, 3.8) is 0 Å². The van der Waals surface area contributed by atoms with Crippen molar-refractivity contribution in [3.05, 3.63) is 29.1 Å². The van der Waals surface area contributed by atoms with E-state index in [0.717, 1.165) is 30.9 Å². The number of rotatable bonds is 5. The smallest absolute Gasteiger partial charge is 0.381 e. The molecule has 2 aliphatic rings. The third-order valence-electron chi connectivity index (χ3n) is 5.66. The molecule has 2 aromatic heterocycles. The summed E-state index contributed by atoms with van der Waals surface area (Å²) in [7, 11) is 0. The van der Waals surface area contributed by atoms with E-state index in [9.17, 15) is 23.1 Å². The second kappa shape index (κ2) is 7.58. The van der Waals surface area contributed by atoms with E-state index in [2.05, 4.69) is 10.3 Å². The fourth-order valence-corrected chi connectivity index (χ4v) is 3.80. The number of fused-ring (bicyclic) bond motifs is 3. The first-order valence-electron chi connectivity index (χ1n) is 9.58. The van der Waals surface area contributed by atoms with Gasteiger partial charge in [0.05, 0.1) is 25.3 Å². The number of carbonyl (C=O) groups is 1. The predicted octanol–water partition coefficient (Wildman–Crippen LogP) is 1.45. The minimum absolute atomic E-state index is 0.0774. The van der Waals surface area contributed by atoms with Crippen LogP contribution in [-0.2, 0) is 28.8 Å². The Morgan fingerprint density at radius 2 is 2.21 bits per heavy atom. The molecule has 4 heterocycles. The third-order valence-corrected chi connectivity index (χ3v) is 5.66. The van der Waals surface area contributed by atoms with Gasteiger partial charge in [0.1, 0.15) is 5.65 Å². The molecule has 4 rings (SSSR count). The summed E-state index contributed by atoms with van der Waals surface area (Å²) in [6.45, 7) is 4.02. The summed E-state index contributed by atoms with van der Waals surface area (Å²) in [5.41, 5.74) is 1.09. The van der Waals surface area contributed by atoms with E-state index >= 15 is 0 Å². The highest BCUT2D eigenvalue weighted by molar-refractivity contribution is 5.84. The molecule has 1 fully saturated rings. The number of alkyl halides is 3. The summed E-state index contributed by atoms with van der Waals surface area (Å²) in [6, 6.07) is 1.38. The van der Waals surface area contributed by atoms with Gasteiger partial charge in [-0.1, -0.05) is 0 Å². The van der Waals surface area contributed by atoms with Crippen LogP contribution in [0, 0.1) is 6.92 Å². The molecule has 1 amide bonds. The molecule has 0 bridgehead atoms. The van der Waals surface area contributed by atoms with Crippen molar-refractivity contribution >= 4 is 16.9 Å². The average Bonchev–Trinajstić information content (AvgIpc) is 2.94. The molecule has 0 spiro atoms. The first-order chi connectivity index (χ1) is 13.8. The van der Waals surface area contributed by atoms with Gasteiger partial charge >= 0.3 is 6.18 Å². The topological polar surface area (TPSA) is 79.6 Å². The molecule has 10 heteroatoms. The molecule has 29 heavy (non-hydrogen) atoms. The second-order valence-electron chi connectivity index (χ2n) is 7.57. The lowest BCUT2D eigenvalue weighted by Gasteiger charge is -2.31. The van der Waals surface area contributed by atoms with Gasteiger partial charge in [-0.3, -0.25) is 4.79 Å². The molecule has 2 atom stereocenters. The lowest BCUT2D eigenvalue weighted by molar-refractivity contribution is -0.145. The van der Waals surface area contributed by atoms with Gasteiger partial charge < -0.3 is 24.6 Å². The van der Waals surface area contributed by atoms with Gasteiger partial charge in [0.25, 0.3) is 5.91 Å². The van der Waals surface area contributed by atoms with Crippen LogP contribution in [0.25, 0.3) is 11.0 Å². The third kappa shape index (κ3) is 3.84. The van der Waals surface area contributed by atoms with E-state index in [0.29, 0.717) is 36.3 Å². The number of amides is 1. The fraction of sp³-hybridized carbons (Fsp3) is 0.579. The first-order valence-corrected chi connectivity index (χ1v) is 9.58. The van der Waals surface area contributed by atoms with Gasteiger partial charge in [-0.2, -0.15) is 13.2 Å². The molecule has 0 radical (unpaired) electrons. The summed E-state index contributed by atoms with van der Waals surface area (Å²) in [4.78, 5) is 18.1. The van der Waals surface area contributed by atoms with Crippen molar-refractivity contribution in [1.82, 2.24) is 19.8 Å². The van der Waals surface area contributed by atoms with E-state index in [1.165, 1.54) is 4.90 Å². The molecule has 0 aliphatic carbocycles. The number of nitrogens with zero attached hydrogens (tertiary/aromatic N) is 3. The second-order valence-corrected chi connectivity index (χ2v) is 7.57. The van der Waals surface area contributed by atoms with E-state index in [4.69, 9.17) is 4.74 Å². The average molecular weight is 412 g/mol. The van der Waals surface area contributed by atoms with Gasteiger partial charge in [-0.05, 0) is 31.5 Å². The van der Waals surface area contributed by atoms with Crippen LogP contribution in [-0.4, -0.2) is 63.9 Å². The van der Waals surface area contributed by atoms with Crippen LogP contribution in [0.5, 0.6) is 0 Å². The zero-order valence-corrected chi connectivity index (χ0v) is 16.0. The Hall–Kier alpha value is -2.17. The monoisotopic (exact) mass is 412 g/mol. The van der Waals surface area contributed by atoms with Crippen LogP contribution < -0.4 is 5.32 Å². The van der Waals surface area contributed by atoms with Crippen molar-refractivity contribution < 1.29 is 27.8 Å². The van der Waals surface area contributed by atoms with Crippen LogP contribution >= 0.6 is 0 Å². The minimum Gasteiger partial charge on any atom is -0.381 e. The highest BCUT2D eigenvalue weighted by atomic mass is 19.4. The lowest BCUT2D eigenvalue weighted by atomic mass is 10.1. The largest absolute Gasteiger partial charge is 0.417 e. The number of carbonyl (C=O) groups excluding carboxylic acids is 1. The quantitative estimate of drug-likeness (QED) is 0.777. The number of ether oxygens (including phenoxy) is 1. The molecular formula is C19H23F3N4O3. The standard InChI is InChI=1S/C19H23F3N4O3/c1-11-14-6-12(19(20,21)22)7-24-17(14)26-5-4-25(8-15(11)26)18(28)16(27)10-29-9-13-2-3-23-13/h6-7,13,16,23,27H,2-5,8-10H2,1H3. The maximum absolute atomic E-state index is 13.0. The molecule has 2 aliphatic heterocycles. The highest BCUT2D eigenvalue weighted by Crippen LogP contribution is 2.34. The highest BCUT2D eigenvalue weighted by Gasteiger charge is 2.33. The summed E-state index contributed by atoms with van der Waals surface area (Å²) in [5, 5.41) is 13.8. The number of aryl methyl sites for hydroxylation is 1. The zero-order chi connectivity index (χ0) is 20.8. The fourth-order valence-electron chi connectivity index (χ4n) is 3.80. The maximum Gasteiger partial charge on any atom is 0.417 e. The summed E-state index contributed by atoms with van der Waals surface area (Å²) >= 11 is 0. The van der Waals surface area contributed by atoms with Crippen molar-refractivity contribution in [2.45, 2.75) is 44.8 Å². The SMILES string of the molecule is Cc1c2n(c3ncc(C(F)(F)F)cc13)CCN(C(=O)C(O)COCC1CCN1)C2. The summed E-state index contributed by atoms with van der Waals surface area (Å²) in [6.07, 6.45) is -3.87. The van der Waals surface area contributed by atoms with E-state index in [1.807, 2.05) is 4.57 Å². The number of halogens is 3. The van der Waals surface area contributed by atoms with Gasteiger partial charge in [0.2, 0.25) is 0 Å². The van der Waals surface area contributed by atoms with Crippen LogP contribution in [0.4, 0.5) is 13.2 Å². The number of aliphatic hydroxyl groups excluding tert-OH is 1. The maximum atomic E-state index is 13.0. The van der Waals surface area contributed by atoms with E-state index in [-0.39, 0.29) is 19.2 Å². The van der Waals surface area contributed by atoms with Crippen LogP contribution in [0.3, 0.4) is 0 Å². The van der Waals surface area contributed by atoms with Crippen molar-refractivity contribution in [1.29, 1.82) is 0 Å². The van der Waals surface area contributed by atoms with Crippen LogP contribution in [0.2, 0.25) is 0 Å². The number of nitrogens with one attached hydrogen (secondary N) is 1. The Balaban J connectivity index is 1.47. The van der Waals surface area contributed by atoms with Crippen LogP contribution in [0.15, 0.2) is 12.3 Å². The Labute approximate surface area is 165 Å². The number of hydrogen-bond donors (Lipinski definition) is 2. The zero-order valence-electron chi connectivity index (χ0n) is 16.0. The molecule has 2 unspecified atom stereocenters. The molecule has 0 saturated carbocycles. The van der Waals surface area contributed by atoms with E-state index in [1.54, 1.807) is 6.92 Å². The number of pyridine rings is 1. The molecule has 0 aromatic carbocycles. The Morgan fingerprint density at radius 3 is 2.86 bits per heavy atom. The normalized spacial score (nSPS) is 20.4. The van der Waals surface area contributed by atoms with Gasteiger partial charge in [-0.25, -0.2) is 4.98 Å². The molecule has 2 aromatic rings. The van der Waals surface area contributed by atoms with Gasteiger partial charge in [-0.15, -0.1) is 0 Å². The Bertz CT molecular complexity index is 924. The Morgan fingerprint density at radius 1 is 1.45 bits per heavy atom. The predicted molar refractivity (Wildman–Crippen MR) is 98.1 cm³/mol. The number of aromatic nitrogens is 2. The summed E-state index contributed by atoms with van der Waals surface area (Å²) < 4.78 is 46.3.